The molecule has 4 atom stereocenters. The maximum atomic E-state index is 2.57. The van der Waals surface area contributed by atoms with Crippen LogP contribution in [0.25, 0.3) is 0 Å². The molecule has 24 rings (SSSR count). The fraction of sp³-hybridized carbons (Fsp3) is 1.00. The molecule has 101 heavy (non-hydrogen) atoms. The molecule has 4 unspecified atom stereocenters. The predicted molar refractivity (Wildman–Crippen MR) is 445 cm³/mol. The lowest BCUT2D eigenvalue weighted by Gasteiger charge is -2.55. The summed E-state index contributed by atoms with van der Waals surface area (Å²) in [6.07, 6.45) is 83.8. The number of rotatable bonds is 1. The van der Waals surface area contributed by atoms with Crippen molar-refractivity contribution in [3.05, 3.63) is 0 Å². The monoisotopic (exact) mass is 1400 g/mol. The highest BCUT2D eigenvalue weighted by molar-refractivity contribution is 5.01. The first kappa shape index (κ1) is 83.5. The van der Waals surface area contributed by atoms with Crippen LogP contribution in [0.5, 0.6) is 0 Å². The van der Waals surface area contributed by atoms with Gasteiger partial charge in [0.05, 0.1) is 0 Å². The molecule has 0 spiro atoms. The summed E-state index contributed by atoms with van der Waals surface area (Å²) in [6.45, 7) is 45.8. The van der Waals surface area contributed by atoms with Crippen LogP contribution in [0, 0.1) is 155 Å². The number of hydrogen-bond acceptors (Lipinski definition) is 0. The van der Waals surface area contributed by atoms with Gasteiger partial charge in [0.25, 0.3) is 0 Å². The molecule has 24 aliphatic rings. The van der Waals surface area contributed by atoms with Crippen molar-refractivity contribution in [2.45, 2.75) is 485 Å². The van der Waals surface area contributed by atoms with Gasteiger partial charge < -0.3 is 0 Å². The predicted octanol–water partition coefficient (Wildman–Crippen LogP) is 33.3. The van der Waals surface area contributed by atoms with E-state index < -0.39 is 0 Å². The van der Waals surface area contributed by atoms with Crippen molar-refractivity contribution >= 4 is 0 Å². The van der Waals surface area contributed by atoms with Gasteiger partial charge in [0.15, 0.2) is 0 Å². The van der Waals surface area contributed by atoms with Crippen LogP contribution >= 0.6 is 0 Å². The van der Waals surface area contributed by atoms with E-state index in [9.17, 15) is 0 Å². The van der Waals surface area contributed by atoms with Gasteiger partial charge in [-0.2, -0.15) is 0 Å². The van der Waals surface area contributed by atoms with Gasteiger partial charge in [-0.3, -0.25) is 0 Å². The van der Waals surface area contributed by atoms with Crippen molar-refractivity contribution in [3.8, 4) is 0 Å². The topological polar surface area (TPSA) is 0 Å². The van der Waals surface area contributed by atoms with E-state index in [0.29, 0.717) is 27.1 Å². The molecule has 0 N–H and O–H groups in total. The van der Waals surface area contributed by atoms with E-state index in [1.54, 1.807) is 135 Å². The van der Waals surface area contributed by atoms with Crippen molar-refractivity contribution < 1.29 is 0 Å². The third-order valence-electron chi connectivity index (χ3n) is 36.7. The molecule has 24 aliphatic carbocycles. The summed E-state index contributed by atoms with van der Waals surface area (Å²) in [5.41, 5.74) is 6.93. The minimum Gasteiger partial charge on any atom is -0.0622 e. The Morgan fingerprint density at radius 1 is 0.228 bits per heavy atom. The van der Waals surface area contributed by atoms with Crippen LogP contribution in [0.2, 0.25) is 0 Å². The normalized spacial score (nSPS) is 42.7. The van der Waals surface area contributed by atoms with Crippen molar-refractivity contribution in [2.24, 2.45) is 155 Å². The average Bonchev–Trinajstić information content (AvgIpc) is 1.75. The first-order valence-electron chi connectivity index (χ1n) is 47.5. The molecule has 0 aromatic heterocycles. The standard InChI is InChI=1S/C13H24.2C11H18.C11H22.2C9H16.2C8H14.2C8H16.C5H10/c1-13(10-6-3-7-11-13)12-8-4-2-5-9-12;1-11-5-8-2-9(6-11)4-10(3-8)7-11;1-7-10-3-8-2-9(5-10)6-11(7)4-8;1-10(2,3)11(4)8-6-5-7-9-11;1-9-5-2-8(3-6-9)4-7-9;1-7-6-8-2-4-9(7)5-3-8;1-8-4-2-7(6-8)3-5-8;1-6-4-7-2-3-8(6)5-7;1-7(2,3)8(4)5-6-8;1-8(2)6-4-3-5-7-8;1-5(2)3-4-5/h12H,2-11H2,1H3;8-10H,2-7H2,1H3;7-11H,2-6H2,1H3;5-9H2,1-4H3;8H,2-7H2,1H3;7-9H,2-6H2,1H3;7H,2-6H2,1H3;6-8H,2-5H2,1H3;5-6H2,1-4H3;3-7H2,1-2H3;3-4H2,1-2H3. The Balaban J connectivity index is 0.000000121. The first-order chi connectivity index (χ1) is 47.5. The summed E-state index contributed by atoms with van der Waals surface area (Å²) in [5, 5.41) is 0. The maximum Gasteiger partial charge on any atom is -0.0277 e. The first-order valence-corrected chi connectivity index (χ1v) is 47.5. The fourth-order valence-corrected chi connectivity index (χ4v) is 27.3. The zero-order valence-electron chi connectivity index (χ0n) is 72.7. The third-order valence-corrected chi connectivity index (χ3v) is 36.7. The second-order valence-corrected chi connectivity index (χ2v) is 48.5. The van der Waals surface area contributed by atoms with Crippen LogP contribution in [0.15, 0.2) is 0 Å². The Morgan fingerprint density at radius 2 is 0.574 bits per heavy atom. The molecule has 0 heterocycles. The summed E-state index contributed by atoms with van der Waals surface area (Å²) in [4.78, 5) is 0. The molecule has 24 fully saturated rings. The van der Waals surface area contributed by atoms with E-state index in [4.69, 9.17) is 0 Å². The number of fused-ring (bicyclic) bond motifs is 10. The minimum absolute atomic E-state index is 0.507. The lowest BCUT2D eigenvalue weighted by Crippen LogP contribution is -2.44. The third kappa shape index (κ3) is 24.7. The van der Waals surface area contributed by atoms with Crippen molar-refractivity contribution in [2.75, 3.05) is 0 Å². The smallest absolute Gasteiger partial charge is 0.0277 e. The quantitative estimate of drug-likeness (QED) is 0.245. The Morgan fingerprint density at radius 3 is 0.832 bits per heavy atom. The molecule has 0 nitrogen and oxygen atoms in total. The van der Waals surface area contributed by atoms with Gasteiger partial charge in [-0.05, 0) is 412 Å². The molecule has 0 heteroatoms. The maximum absolute atomic E-state index is 2.57. The Bertz CT molecular complexity index is 2260. The van der Waals surface area contributed by atoms with Crippen molar-refractivity contribution in [3.63, 3.8) is 0 Å². The molecule has 0 amide bonds. The number of hydrogen-bond donors (Lipinski definition) is 0. The second-order valence-electron chi connectivity index (χ2n) is 48.5. The van der Waals surface area contributed by atoms with E-state index in [0.717, 1.165) is 128 Å². The Kier molecular flexibility index (Phi) is 29.4. The van der Waals surface area contributed by atoms with Gasteiger partial charge in [0, 0.05) is 0 Å². The summed E-state index contributed by atoms with van der Waals surface area (Å²) in [7, 11) is 0. The highest BCUT2D eigenvalue weighted by atomic mass is 14.6. The zero-order valence-corrected chi connectivity index (χ0v) is 72.7. The van der Waals surface area contributed by atoms with E-state index in [1.807, 2.05) is 0 Å². The van der Waals surface area contributed by atoms with Gasteiger partial charge in [-0.1, -0.05) is 228 Å². The molecular formula is C101H184. The summed E-state index contributed by atoms with van der Waals surface area (Å²) < 4.78 is 0. The Labute approximate surface area is 635 Å². The lowest BCUT2D eigenvalue weighted by atomic mass is 9.50. The van der Waals surface area contributed by atoms with E-state index in [2.05, 4.69) is 132 Å². The van der Waals surface area contributed by atoms with Crippen LogP contribution in [-0.4, -0.2) is 0 Å². The van der Waals surface area contributed by atoms with Crippen LogP contribution in [0.4, 0.5) is 0 Å². The zero-order chi connectivity index (χ0) is 72.7. The van der Waals surface area contributed by atoms with E-state index in [1.165, 1.54) is 218 Å². The Hall–Kier alpha value is 0. The highest BCUT2D eigenvalue weighted by Gasteiger charge is 2.50. The van der Waals surface area contributed by atoms with Gasteiger partial charge in [0.1, 0.15) is 0 Å². The highest BCUT2D eigenvalue weighted by Crippen LogP contribution is 2.62. The SMILES string of the molecule is CC(C)(C)C1(C)CC1.CC(C)(C)C1(C)CCCCC1.CC1(C)CC1.CC1(C)CCCCC1.CC1(C2CCCCC2)CCCCC1.CC12CC3CC(CC(C3)C1)C2.CC12CCC(CC1)C2.CC12CCC(CC1)CC2.CC1C2CC3CC(C2)CC1C3.CC1CC2CCC1C2.CC1CC2CCC1CC2. The largest absolute Gasteiger partial charge is 0.0622 e. The molecule has 0 aromatic carbocycles. The van der Waals surface area contributed by atoms with Gasteiger partial charge in [0.2, 0.25) is 0 Å². The molecule has 24 saturated carbocycles. The van der Waals surface area contributed by atoms with Crippen molar-refractivity contribution in [1.29, 1.82) is 0 Å². The molecule has 0 radical (unpaired) electrons. The molecular weight excluding hydrogens is 1210 g/mol. The van der Waals surface area contributed by atoms with E-state index in [-0.39, 0.29) is 0 Å². The summed E-state index contributed by atoms with van der Waals surface area (Å²) in [6, 6.07) is 0. The average molecular weight is 1400 g/mol. The molecule has 16 bridgehead atoms. The molecule has 0 saturated heterocycles. The summed E-state index contributed by atoms with van der Waals surface area (Å²) in [5.74, 6) is 19.2. The summed E-state index contributed by atoms with van der Waals surface area (Å²) >= 11 is 0. The molecule has 588 valence electrons. The van der Waals surface area contributed by atoms with Crippen LogP contribution in [-0.2, 0) is 0 Å². The van der Waals surface area contributed by atoms with Gasteiger partial charge >= 0.3 is 0 Å². The van der Waals surface area contributed by atoms with Crippen LogP contribution in [0.3, 0.4) is 0 Å². The molecule has 0 aromatic rings. The van der Waals surface area contributed by atoms with Gasteiger partial charge in [-0.15, -0.1) is 0 Å². The fourth-order valence-electron chi connectivity index (χ4n) is 27.3. The minimum atomic E-state index is 0.507. The van der Waals surface area contributed by atoms with Crippen molar-refractivity contribution in [1.82, 2.24) is 0 Å². The van der Waals surface area contributed by atoms with E-state index >= 15 is 0 Å². The van der Waals surface area contributed by atoms with Crippen LogP contribution in [0.1, 0.15) is 485 Å². The second kappa shape index (κ2) is 35.6. The molecule has 0 aliphatic heterocycles. The van der Waals surface area contributed by atoms with Gasteiger partial charge in [-0.25, -0.2) is 0 Å². The van der Waals surface area contributed by atoms with Crippen LogP contribution < -0.4 is 0 Å². The lowest BCUT2D eigenvalue weighted by molar-refractivity contribution is -0.0411.